The van der Waals surface area contributed by atoms with E-state index in [4.69, 9.17) is 4.74 Å². The Hall–Kier alpha value is -2.51. The fraction of sp³-hybridized carbons (Fsp3) is 0.222. The highest BCUT2D eigenvalue weighted by molar-refractivity contribution is 7.89. The van der Waals surface area contributed by atoms with Gasteiger partial charge in [-0.1, -0.05) is 12.1 Å². The summed E-state index contributed by atoms with van der Waals surface area (Å²) < 4.78 is 31.6. The Morgan fingerprint density at radius 1 is 1.20 bits per heavy atom. The lowest BCUT2D eigenvalue weighted by Crippen LogP contribution is -2.51. The first kappa shape index (κ1) is 16.0. The molecule has 1 unspecified atom stereocenters. The third-order valence-electron chi connectivity index (χ3n) is 4.64. The van der Waals surface area contributed by atoms with Crippen LogP contribution in [0.3, 0.4) is 0 Å². The van der Waals surface area contributed by atoms with Gasteiger partial charge in [0, 0.05) is 24.6 Å². The predicted molar refractivity (Wildman–Crippen MR) is 89.5 cm³/mol. The van der Waals surface area contributed by atoms with Crippen LogP contribution in [0.25, 0.3) is 0 Å². The number of ether oxygens (including phenoxy) is 1. The molecule has 2 aromatic carbocycles. The lowest BCUT2D eigenvalue weighted by molar-refractivity contribution is 0.0784. The second-order valence-corrected chi connectivity index (χ2v) is 8.04. The summed E-state index contributed by atoms with van der Waals surface area (Å²) in [4.78, 5) is 25.7. The summed E-state index contributed by atoms with van der Waals surface area (Å²) >= 11 is 0. The Morgan fingerprint density at radius 3 is 2.76 bits per heavy atom. The minimum Gasteiger partial charge on any atom is -0.493 e. The predicted octanol–water partition coefficient (Wildman–Crippen LogP) is 1.69. The third-order valence-corrected chi connectivity index (χ3v) is 6.52. The van der Waals surface area contributed by atoms with Crippen molar-refractivity contribution in [3.05, 3.63) is 59.2 Å². The van der Waals surface area contributed by atoms with Crippen LogP contribution in [0, 0.1) is 0 Å². The molecule has 0 aliphatic carbocycles. The minimum absolute atomic E-state index is 0.0587. The molecule has 0 fully saturated rings. The highest BCUT2D eigenvalue weighted by atomic mass is 32.2. The minimum atomic E-state index is -3.90. The van der Waals surface area contributed by atoms with Gasteiger partial charge in [0.15, 0.2) is 17.6 Å². The Balaban J connectivity index is 1.80. The van der Waals surface area contributed by atoms with Crippen LogP contribution >= 0.6 is 0 Å². The Bertz CT molecular complexity index is 1010. The van der Waals surface area contributed by atoms with Gasteiger partial charge in [0.2, 0.25) is 10.0 Å². The second kappa shape index (κ2) is 5.50. The van der Waals surface area contributed by atoms with Crippen LogP contribution in [0.4, 0.5) is 0 Å². The molecule has 6 nitrogen and oxygen atoms in total. The number of rotatable bonds is 2. The van der Waals surface area contributed by atoms with Crippen molar-refractivity contribution in [3.63, 3.8) is 0 Å². The zero-order valence-electron chi connectivity index (χ0n) is 13.4. The molecule has 2 aromatic rings. The standard InChI is InChI=1S/C18H15NO5S/c1-19-16(17(20)12-6-7-14-11(10-12)8-9-24-14)18(21)13-4-2-3-5-15(13)25(19,22)23/h2-7,10,16H,8-9H2,1H3. The lowest BCUT2D eigenvalue weighted by Gasteiger charge is -2.31. The summed E-state index contributed by atoms with van der Waals surface area (Å²) in [7, 11) is -2.63. The monoisotopic (exact) mass is 357 g/mol. The molecule has 0 saturated heterocycles. The van der Waals surface area contributed by atoms with E-state index >= 15 is 0 Å². The van der Waals surface area contributed by atoms with E-state index in [1.807, 2.05) is 0 Å². The summed E-state index contributed by atoms with van der Waals surface area (Å²) in [6.45, 7) is 0.553. The van der Waals surface area contributed by atoms with Crippen molar-refractivity contribution in [1.29, 1.82) is 0 Å². The van der Waals surface area contributed by atoms with E-state index in [9.17, 15) is 18.0 Å². The molecule has 0 bridgehead atoms. The van der Waals surface area contributed by atoms with E-state index in [0.717, 1.165) is 15.6 Å². The first-order valence-electron chi connectivity index (χ1n) is 7.82. The van der Waals surface area contributed by atoms with Crippen LogP contribution < -0.4 is 4.74 Å². The maximum absolute atomic E-state index is 13.0. The second-order valence-electron chi connectivity index (χ2n) is 6.07. The maximum Gasteiger partial charge on any atom is 0.244 e. The summed E-state index contributed by atoms with van der Waals surface area (Å²) in [6, 6.07) is 9.52. The Kier molecular flexibility index (Phi) is 3.52. The molecule has 0 N–H and O–H groups in total. The fourth-order valence-corrected chi connectivity index (χ4v) is 4.76. The van der Waals surface area contributed by atoms with Crippen molar-refractivity contribution >= 4 is 21.6 Å². The summed E-state index contributed by atoms with van der Waals surface area (Å²) in [5, 5.41) is 0. The van der Waals surface area contributed by atoms with Crippen LogP contribution in [-0.2, 0) is 16.4 Å². The largest absolute Gasteiger partial charge is 0.493 e. The van der Waals surface area contributed by atoms with E-state index < -0.39 is 27.6 Å². The van der Waals surface area contributed by atoms with E-state index in [2.05, 4.69) is 0 Å². The van der Waals surface area contributed by atoms with Crippen molar-refractivity contribution < 1.29 is 22.7 Å². The SMILES string of the molecule is CN1C(C(=O)c2ccc3c(c2)CCO3)C(=O)c2ccccc2S1(=O)=O. The summed E-state index contributed by atoms with van der Waals surface area (Å²) in [5.41, 5.74) is 1.26. The quantitative estimate of drug-likeness (QED) is 0.603. The van der Waals surface area contributed by atoms with Gasteiger partial charge in [0.05, 0.1) is 11.5 Å². The Labute approximate surface area is 145 Å². The van der Waals surface area contributed by atoms with Gasteiger partial charge in [0.1, 0.15) is 5.75 Å². The molecular formula is C18H15NO5S. The molecule has 4 rings (SSSR count). The summed E-state index contributed by atoms with van der Waals surface area (Å²) in [5.74, 6) is -0.312. The molecular weight excluding hydrogens is 342 g/mol. The molecule has 0 spiro atoms. The molecule has 1 atom stereocenters. The van der Waals surface area contributed by atoms with Gasteiger partial charge in [0.25, 0.3) is 0 Å². The van der Waals surface area contributed by atoms with Gasteiger partial charge in [-0.3, -0.25) is 9.59 Å². The van der Waals surface area contributed by atoms with Gasteiger partial charge in [-0.25, -0.2) is 8.42 Å². The van der Waals surface area contributed by atoms with Crippen LogP contribution in [0.1, 0.15) is 26.3 Å². The van der Waals surface area contributed by atoms with Crippen LogP contribution in [0.2, 0.25) is 0 Å². The third kappa shape index (κ3) is 2.31. The first-order chi connectivity index (χ1) is 11.9. The number of likely N-dealkylation sites (N-methyl/N-ethyl adjacent to an activating group) is 1. The average molecular weight is 357 g/mol. The first-order valence-corrected chi connectivity index (χ1v) is 9.26. The van der Waals surface area contributed by atoms with Crippen molar-refractivity contribution in [1.82, 2.24) is 4.31 Å². The number of Topliss-reactive ketones (excluding diaryl/α,β-unsaturated/α-hetero) is 2. The number of hydrogen-bond acceptors (Lipinski definition) is 5. The number of fused-ring (bicyclic) bond motifs is 2. The van der Waals surface area contributed by atoms with E-state index in [0.29, 0.717) is 18.6 Å². The molecule has 2 aliphatic heterocycles. The number of hydrogen-bond donors (Lipinski definition) is 0. The number of ketones is 2. The van der Waals surface area contributed by atoms with Crippen molar-refractivity contribution in [2.45, 2.75) is 17.4 Å². The van der Waals surface area contributed by atoms with Gasteiger partial charge in [-0.05, 0) is 35.9 Å². The molecule has 0 saturated carbocycles. The normalized spacial score (nSPS) is 21.3. The van der Waals surface area contributed by atoms with Crippen LogP contribution in [-0.4, -0.2) is 44.0 Å². The zero-order chi connectivity index (χ0) is 17.8. The number of nitrogens with zero attached hydrogens (tertiary/aromatic N) is 1. The number of carbonyl (C=O) groups excluding carboxylic acids is 2. The van der Waals surface area contributed by atoms with E-state index in [-0.39, 0.29) is 10.5 Å². The smallest absolute Gasteiger partial charge is 0.244 e. The number of carbonyl (C=O) groups is 2. The van der Waals surface area contributed by atoms with Crippen molar-refractivity contribution in [3.8, 4) is 5.75 Å². The fourth-order valence-electron chi connectivity index (χ4n) is 3.28. The number of sulfonamides is 1. The molecule has 128 valence electrons. The van der Waals surface area contributed by atoms with Crippen molar-refractivity contribution in [2.24, 2.45) is 0 Å². The van der Waals surface area contributed by atoms with E-state index in [1.54, 1.807) is 30.3 Å². The van der Waals surface area contributed by atoms with E-state index in [1.165, 1.54) is 19.2 Å². The van der Waals surface area contributed by atoms with Gasteiger partial charge in [-0.2, -0.15) is 4.31 Å². The average Bonchev–Trinajstić information content (AvgIpc) is 3.08. The zero-order valence-corrected chi connectivity index (χ0v) is 14.2. The number of benzene rings is 2. The molecule has 2 aliphatic rings. The molecule has 0 amide bonds. The van der Waals surface area contributed by atoms with Gasteiger partial charge in [-0.15, -0.1) is 0 Å². The molecule has 0 radical (unpaired) electrons. The topological polar surface area (TPSA) is 80.8 Å². The molecule has 2 heterocycles. The van der Waals surface area contributed by atoms with Crippen molar-refractivity contribution in [2.75, 3.05) is 13.7 Å². The highest BCUT2D eigenvalue weighted by Crippen LogP contribution is 2.32. The highest BCUT2D eigenvalue weighted by Gasteiger charge is 2.45. The lowest BCUT2D eigenvalue weighted by atomic mass is 9.95. The maximum atomic E-state index is 13.0. The Morgan fingerprint density at radius 2 is 1.96 bits per heavy atom. The van der Waals surface area contributed by atoms with Gasteiger partial charge >= 0.3 is 0 Å². The van der Waals surface area contributed by atoms with Gasteiger partial charge < -0.3 is 4.74 Å². The summed E-state index contributed by atoms with van der Waals surface area (Å²) in [6.07, 6.45) is 0.687. The van der Waals surface area contributed by atoms with Crippen LogP contribution in [0.15, 0.2) is 47.4 Å². The molecule has 25 heavy (non-hydrogen) atoms. The molecule has 0 aromatic heterocycles. The van der Waals surface area contributed by atoms with Crippen LogP contribution in [0.5, 0.6) is 5.75 Å². The molecule has 7 heteroatoms.